The highest BCUT2D eigenvalue weighted by Gasteiger charge is 2.26. The minimum Gasteiger partial charge on any atom is -0.368 e. The fourth-order valence-electron chi connectivity index (χ4n) is 3.40. The van der Waals surface area contributed by atoms with E-state index in [1.54, 1.807) is 0 Å². The summed E-state index contributed by atoms with van der Waals surface area (Å²) >= 11 is 1.43. The molecule has 6 nitrogen and oxygen atoms in total. The van der Waals surface area contributed by atoms with E-state index in [0.717, 1.165) is 47.5 Å². The number of nitrogens with zero attached hydrogens (tertiary/aromatic N) is 5. The van der Waals surface area contributed by atoms with Crippen molar-refractivity contribution in [2.45, 2.75) is 20.8 Å². The van der Waals surface area contributed by atoms with E-state index in [1.165, 1.54) is 22.6 Å². The number of amides is 1. The van der Waals surface area contributed by atoms with Crippen LogP contribution in [0, 0.1) is 20.8 Å². The second-order valence-electron chi connectivity index (χ2n) is 6.50. The molecule has 3 aromatic rings. The SMILES string of the molecule is Cc1cccc(N2CCN(C(=O)c3sc4nnc(C)n4c3C)CC2)c1. The molecule has 1 fully saturated rings. The Morgan fingerprint density at radius 3 is 2.52 bits per heavy atom. The Kier molecular flexibility index (Phi) is 3.95. The lowest BCUT2D eigenvalue weighted by Crippen LogP contribution is -2.48. The molecule has 0 aliphatic carbocycles. The van der Waals surface area contributed by atoms with Crippen molar-refractivity contribution < 1.29 is 4.79 Å². The average Bonchev–Trinajstić information content (AvgIpc) is 3.15. The summed E-state index contributed by atoms with van der Waals surface area (Å²) in [5.74, 6) is 0.934. The first-order valence-electron chi connectivity index (χ1n) is 8.46. The van der Waals surface area contributed by atoms with E-state index in [4.69, 9.17) is 0 Å². The molecule has 0 N–H and O–H groups in total. The minimum atomic E-state index is 0.108. The van der Waals surface area contributed by atoms with Crippen molar-refractivity contribution in [2.24, 2.45) is 0 Å². The smallest absolute Gasteiger partial charge is 0.265 e. The van der Waals surface area contributed by atoms with Crippen molar-refractivity contribution in [3.05, 3.63) is 46.2 Å². The predicted octanol–water partition coefficient (Wildman–Crippen LogP) is 2.68. The number of carbonyl (C=O) groups is 1. The highest BCUT2D eigenvalue weighted by atomic mass is 32.1. The number of aromatic nitrogens is 3. The van der Waals surface area contributed by atoms with Crippen LogP contribution in [0.1, 0.15) is 26.8 Å². The second kappa shape index (κ2) is 6.15. The third kappa shape index (κ3) is 2.78. The Morgan fingerprint density at radius 1 is 1.08 bits per heavy atom. The Labute approximate surface area is 150 Å². The summed E-state index contributed by atoms with van der Waals surface area (Å²) in [6.07, 6.45) is 0. The molecule has 1 aromatic carbocycles. The maximum absolute atomic E-state index is 13.0. The van der Waals surface area contributed by atoms with Crippen LogP contribution in [-0.2, 0) is 0 Å². The molecule has 1 saturated heterocycles. The molecule has 3 heterocycles. The zero-order valence-corrected chi connectivity index (χ0v) is 15.5. The standard InChI is InChI=1S/C18H21N5OS/c1-12-5-4-6-15(11-12)21-7-9-22(10-8-21)17(24)16-13(2)23-14(3)19-20-18(23)25-16/h4-6,11H,7-10H2,1-3H3. The maximum Gasteiger partial charge on any atom is 0.265 e. The number of hydrogen-bond acceptors (Lipinski definition) is 5. The van der Waals surface area contributed by atoms with Gasteiger partial charge in [-0.1, -0.05) is 23.5 Å². The van der Waals surface area contributed by atoms with E-state index in [0.29, 0.717) is 0 Å². The molecule has 7 heteroatoms. The fraction of sp³-hybridized carbons (Fsp3) is 0.389. The minimum absolute atomic E-state index is 0.108. The van der Waals surface area contributed by atoms with Crippen molar-refractivity contribution in [2.75, 3.05) is 31.1 Å². The molecule has 0 spiro atoms. The number of piperazine rings is 1. The molecule has 0 saturated carbocycles. The van der Waals surface area contributed by atoms with E-state index < -0.39 is 0 Å². The van der Waals surface area contributed by atoms with Crippen LogP contribution in [0.3, 0.4) is 0 Å². The molecule has 0 atom stereocenters. The van der Waals surface area contributed by atoms with Crippen LogP contribution in [0.5, 0.6) is 0 Å². The van der Waals surface area contributed by atoms with Crippen LogP contribution in [0.15, 0.2) is 24.3 Å². The molecule has 0 radical (unpaired) electrons. The van der Waals surface area contributed by atoms with Crippen LogP contribution in [0.2, 0.25) is 0 Å². The topological polar surface area (TPSA) is 53.7 Å². The lowest BCUT2D eigenvalue weighted by Gasteiger charge is -2.36. The van der Waals surface area contributed by atoms with Gasteiger partial charge in [-0.05, 0) is 38.5 Å². The lowest BCUT2D eigenvalue weighted by atomic mass is 10.2. The predicted molar refractivity (Wildman–Crippen MR) is 99.6 cm³/mol. The van der Waals surface area contributed by atoms with Gasteiger partial charge in [0.25, 0.3) is 5.91 Å². The van der Waals surface area contributed by atoms with Crippen LogP contribution >= 0.6 is 11.3 Å². The van der Waals surface area contributed by atoms with Crippen LogP contribution in [-0.4, -0.2) is 51.6 Å². The van der Waals surface area contributed by atoms with Gasteiger partial charge in [-0.3, -0.25) is 9.20 Å². The third-order valence-electron chi connectivity index (χ3n) is 4.78. The van der Waals surface area contributed by atoms with Gasteiger partial charge in [-0.2, -0.15) is 0 Å². The summed E-state index contributed by atoms with van der Waals surface area (Å²) in [6, 6.07) is 8.53. The molecule has 1 aliphatic heterocycles. The summed E-state index contributed by atoms with van der Waals surface area (Å²) in [5.41, 5.74) is 3.44. The number of fused-ring (bicyclic) bond motifs is 1. The first-order chi connectivity index (χ1) is 12.0. The molecule has 130 valence electrons. The van der Waals surface area contributed by atoms with Crippen molar-refractivity contribution >= 4 is 27.9 Å². The van der Waals surface area contributed by atoms with Crippen molar-refractivity contribution in [1.29, 1.82) is 0 Å². The number of thiazole rings is 1. The maximum atomic E-state index is 13.0. The lowest BCUT2D eigenvalue weighted by molar-refractivity contribution is 0.0750. The molecule has 0 bridgehead atoms. The van der Waals surface area contributed by atoms with Gasteiger partial charge in [0.15, 0.2) is 0 Å². The molecule has 2 aromatic heterocycles. The van der Waals surface area contributed by atoms with Gasteiger partial charge in [-0.25, -0.2) is 0 Å². The van der Waals surface area contributed by atoms with E-state index in [-0.39, 0.29) is 5.91 Å². The van der Waals surface area contributed by atoms with Crippen molar-refractivity contribution in [3.63, 3.8) is 0 Å². The van der Waals surface area contributed by atoms with Gasteiger partial charge < -0.3 is 9.80 Å². The fourth-order valence-corrected chi connectivity index (χ4v) is 4.48. The summed E-state index contributed by atoms with van der Waals surface area (Å²) in [7, 11) is 0. The van der Waals surface area contributed by atoms with Crippen LogP contribution < -0.4 is 4.90 Å². The first-order valence-corrected chi connectivity index (χ1v) is 9.28. The number of aryl methyl sites for hydroxylation is 3. The van der Waals surface area contributed by atoms with Crippen LogP contribution in [0.4, 0.5) is 5.69 Å². The number of anilines is 1. The van der Waals surface area contributed by atoms with E-state index in [2.05, 4.69) is 46.3 Å². The van der Waals surface area contributed by atoms with Gasteiger partial charge in [0.2, 0.25) is 4.96 Å². The average molecular weight is 355 g/mol. The van der Waals surface area contributed by atoms with Gasteiger partial charge in [0, 0.05) is 37.6 Å². The quantitative estimate of drug-likeness (QED) is 0.709. The van der Waals surface area contributed by atoms with E-state index in [1.807, 2.05) is 23.1 Å². The Bertz CT molecular complexity index is 936. The first kappa shape index (κ1) is 16.1. The summed E-state index contributed by atoms with van der Waals surface area (Å²) < 4.78 is 1.96. The Morgan fingerprint density at radius 2 is 1.84 bits per heavy atom. The summed E-state index contributed by atoms with van der Waals surface area (Å²) in [5, 5.41) is 8.21. The Balaban J connectivity index is 1.50. The van der Waals surface area contributed by atoms with Gasteiger partial charge in [0.05, 0.1) is 0 Å². The summed E-state index contributed by atoms with van der Waals surface area (Å²) in [6.45, 7) is 9.18. The molecule has 1 aliphatic rings. The molecule has 25 heavy (non-hydrogen) atoms. The summed E-state index contributed by atoms with van der Waals surface area (Å²) in [4.78, 5) is 18.8. The van der Waals surface area contributed by atoms with Crippen molar-refractivity contribution in [3.8, 4) is 0 Å². The normalized spacial score (nSPS) is 15.2. The highest BCUT2D eigenvalue weighted by molar-refractivity contribution is 7.19. The molecular formula is C18H21N5OS. The number of rotatable bonds is 2. The van der Waals surface area contributed by atoms with Crippen LogP contribution in [0.25, 0.3) is 4.96 Å². The van der Waals surface area contributed by atoms with Gasteiger partial charge in [-0.15, -0.1) is 10.2 Å². The largest absolute Gasteiger partial charge is 0.368 e. The number of hydrogen-bond donors (Lipinski definition) is 0. The monoisotopic (exact) mass is 355 g/mol. The number of benzene rings is 1. The van der Waals surface area contributed by atoms with E-state index >= 15 is 0 Å². The van der Waals surface area contributed by atoms with Gasteiger partial charge in [0.1, 0.15) is 10.7 Å². The second-order valence-corrected chi connectivity index (χ2v) is 7.48. The molecule has 1 amide bonds. The third-order valence-corrected chi connectivity index (χ3v) is 5.90. The Hall–Kier alpha value is -2.41. The molecular weight excluding hydrogens is 334 g/mol. The zero-order chi connectivity index (χ0) is 17.6. The molecule has 4 rings (SSSR count). The van der Waals surface area contributed by atoms with Crippen molar-refractivity contribution in [1.82, 2.24) is 19.5 Å². The molecule has 0 unspecified atom stereocenters. The van der Waals surface area contributed by atoms with Gasteiger partial charge >= 0.3 is 0 Å². The number of carbonyl (C=O) groups excluding carboxylic acids is 1. The zero-order valence-electron chi connectivity index (χ0n) is 14.7. The van der Waals surface area contributed by atoms with E-state index in [9.17, 15) is 4.79 Å². The highest BCUT2D eigenvalue weighted by Crippen LogP contribution is 2.25.